The second-order valence-electron chi connectivity index (χ2n) is 22.9. The van der Waals surface area contributed by atoms with Crippen LogP contribution in [-0.2, 0) is 16.2 Å². The molecular weight excluding hydrogens is 939 g/mol. The maximum atomic E-state index is 2.62. The van der Waals surface area contributed by atoms with Crippen molar-refractivity contribution in [1.82, 2.24) is 0 Å². The highest BCUT2D eigenvalue weighted by atomic mass is 15.2. The van der Waals surface area contributed by atoms with E-state index >= 15 is 0 Å². The average molecular weight is 996 g/mol. The van der Waals surface area contributed by atoms with Crippen LogP contribution < -0.4 is 4.90 Å². The zero-order valence-electron chi connectivity index (χ0n) is 44.0. The molecule has 0 N–H and O–H groups in total. The summed E-state index contributed by atoms with van der Waals surface area (Å²) in [7, 11) is 0. The Morgan fingerprint density at radius 3 is 1.72 bits per heavy atom. The van der Waals surface area contributed by atoms with Gasteiger partial charge in [0.05, 0.1) is 10.8 Å². The fourth-order valence-corrected chi connectivity index (χ4v) is 15.8. The van der Waals surface area contributed by atoms with E-state index in [9.17, 15) is 0 Å². The lowest BCUT2D eigenvalue weighted by molar-refractivity contribution is 0.451. The molecule has 10 aromatic carbocycles. The lowest BCUT2D eigenvalue weighted by Gasteiger charge is -2.40. The zero-order valence-corrected chi connectivity index (χ0v) is 44.0. The molecule has 0 amide bonds. The lowest BCUT2D eigenvalue weighted by Crippen LogP contribution is -2.35. The van der Waals surface area contributed by atoms with Crippen molar-refractivity contribution in [2.24, 2.45) is 5.92 Å². The Labute approximate surface area is 458 Å². The van der Waals surface area contributed by atoms with E-state index in [2.05, 4.69) is 292 Å². The van der Waals surface area contributed by atoms with Crippen LogP contribution in [0.25, 0.3) is 55.6 Å². The van der Waals surface area contributed by atoms with Crippen LogP contribution in [0.5, 0.6) is 0 Å². The Hall–Kier alpha value is -9.04. The minimum absolute atomic E-state index is 0.0703. The SMILES string of the molecule is CC1(C)c2cc(-c3ccccc3)ccc2-c2ccc(N(C3=CC=CC4C3c3ccccc3C43c4ccccc4-c4ccccc43)c3ccc(-c4cccc5c4-c4ccccc4C5(C4=CC=CCC4)c4ccccc4)cc3)cc21. The molecule has 10 aromatic rings. The second kappa shape index (κ2) is 17.0. The number of rotatable bonds is 7. The van der Waals surface area contributed by atoms with Crippen molar-refractivity contribution in [2.45, 2.75) is 48.9 Å². The van der Waals surface area contributed by atoms with Crippen molar-refractivity contribution in [3.05, 3.63) is 334 Å². The first-order valence-corrected chi connectivity index (χ1v) is 28.0. The van der Waals surface area contributed by atoms with Crippen LogP contribution >= 0.6 is 0 Å². The average Bonchev–Trinajstić information content (AvgIpc) is 4.14. The maximum absolute atomic E-state index is 2.62. The van der Waals surface area contributed by atoms with E-state index in [0.717, 1.165) is 18.5 Å². The summed E-state index contributed by atoms with van der Waals surface area (Å²) in [6, 6.07) is 90.2. The molecule has 6 aliphatic rings. The number of hydrogen-bond acceptors (Lipinski definition) is 1. The van der Waals surface area contributed by atoms with Crippen LogP contribution in [0.4, 0.5) is 11.4 Å². The van der Waals surface area contributed by atoms with Crippen LogP contribution in [0.2, 0.25) is 0 Å². The molecular formula is C77H57N. The molecule has 0 saturated carbocycles. The summed E-state index contributed by atoms with van der Waals surface area (Å²) < 4.78 is 0. The molecule has 3 unspecified atom stereocenters. The number of nitrogens with zero attached hydrogens (tertiary/aromatic N) is 1. The van der Waals surface area contributed by atoms with Gasteiger partial charge in [-0.3, -0.25) is 0 Å². The van der Waals surface area contributed by atoms with E-state index < -0.39 is 0 Å². The third kappa shape index (κ3) is 6.08. The van der Waals surface area contributed by atoms with Gasteiger partial charge in [0.1, 0.15) is 0 Å². The number of benzene rings is 10. The summed E-state index contributed by atoms with van der Waals surface area (Å²) in [6.45, 7) is 4.84. The molecule has 370 valence electrons. The molecule has 0 aliphatic heterocycles. The third-order valence-electron chi connectivity index (χ3n) is 19.0. The first-order valence-electron chi connectivity index (χ1n) is 28.0. The quantitative estimate of drug-likeness (QED) is 0.154. The summed E-state index contributed by atoms with van der Waals surface area (Å²) in [4.78, 5) is 2.62. The Morgan fingerprint density at radius 2 is 0.987 bits per heavy atom. The van der Waals surface area contributed by atoms with Gasteiger partial charge in [0, 0.05) is 34.3 Å². The number of hydrogen-bond donors (Lipinski definition) is 0. The molecule has 0 bridgehead atoms. The predicted octanol–water partition coefficient (Wildman–Crippen LogP) is 19.2. The maximum Gasteiger partial charge on any atom is 0.0676 e. The number of allylic oxidation sites excluding steroid dienone is 8. The topological polar surface area (TPSA) is 3.24 Å². The summed E-state index contributed by atoms with van der Waals surface area (Å²) in [6.07, 6.45) is 16.4. The normalized spacial score (nSPS) is 19.6. The highest BCUT2D eigenvalue weighted by Gasteiger charge is 2.59. The van der Waals surface area contributed by atoms with Crippen molar-refractivity contribution >= 4 is 11.4 Å². The van der Waals surface area contributed by atoms with Crippen molar-refractivity contribution in [3.63, 3.8) is 0 Å². The van der Waals surface area contributed by atoms with Crippen LogP contribution in [-0.4, -0.2) is 0 Å². The van der Waals surface area contributed by atoms with Crippen molar-refractivity contribution in [2.75, 3.05) is 4.90 Å². The second-order valence-corrected chi connectivity index (χ2v) is 22.9. The van der Waals surface area contributed by atoms with Crippen LogP contribution in [0.15, 0.2) is 284 Å². The lowest BCUT2D eigenvalue weighted by atomic mass is 9.65. The molecule has 1 heteroatoms. The molecule has 1 spiro atoms. The van der Waals surface area contributed by atoms with E-state index in [-0.39, 0.29) is 28.1 Å². The highest BCUT2D eigenvalue weighted by Crippen LogP contribution is 2.67. The van der Waals surface area contributed by atoms with E-state index in [1.165, 1.54) is 123 Å². The van der Waals surface area contributed by atoms with Gasteiger partial charge in [-0.05, 0) is 155 Å². The first kappa shape index (κ1) is 45.2. The molecule has 0 saturated heterocycles. The van der Waals surface area contributed by atoms with Gasteiger partial charge in [-0.1, -0.05) is 256 Å². The van der Waals surface area contributed by atoms with E-state index in [0.29, 0.717) is 0 Å². The largest absolute Gasteiger partial charge is 0.314 e. The highest BCUT2D eigenvalue weighted by molar-refractivity contribution is 5.96. The summed E-state index contributed by atoms with van der Waals surface area (Å²) in [5.41, 5.74) is 29.5. The molecule has 0 aromatic heterocycles. The smallest absolute Gasteiger partial charge is 0.0676 e. The van der Waals surface area contributed by atoms with E-state index in [1.807, 2.05) is 0 Å². The Morgan fingerprint density at radius 1 is 0.410 bits per heavy atom. The van der Waals surface area contributed by atoms with Gasteiger partial charge in [0.15, 0.2) is 0 Å². The van der Waals surface area contributed by atoms with Gasteiger partial charge in [-0.25, -0.2) is 0 Å². The molecule has 16 rings (SSSR count). The number of anilines is 2. The molecule has 0 fully saturated rings. The summed E-state index contributed by atoms with van der Waals surface area (Å²) in [5.74, 6) is 0.209. The minimum atomic E-state index is -0.387. The van der Waals surface area contributed by atoms with Crippen LogP contribution in [0.3, 0.4) is 0 Å². The standard InChI is InChI=1S/C77H57N/c1-75(2)70-48-52(50-22-6-3-7-23-50)42-46-60(70)61-47-45-56(49-71(61)75)78(72-39-21-38-69-74(72)63-31-15-19-36-67(63)77(69)64-33-16-12-28-58(64)59-29-13-17-34-65(59)77)55-43-40-51(41-44-55)57-32-20-37-68-73(57)62-30-14-18-35-66(62)76(68,53-24-8-4-9-25-53)54-26-10-5-11-27-54/h3-10,12-26,28-49,69,74H,11,27H2,1-2H3. The van der Waals surface area contributed by atoms with Gasteiger partial charge in [-0.2, -0.15) is 0 Å². The summed E-state index contributed by atoms with van der Waals surface area (Å²) in [5, 5.41) is 0. The van der Waals surface area contributed by atoms with Crippen molar-refractivity contribution in [1.29, 1.82) is 0 Å². The van der Waals surface area contributed by atoms with Crippen molar-refractivity contribution < 1.29 is 0 Å². The Balaban J connectivity index is 0.875. The van der Waals surface area contributed by atoms with E-state index in [1.54, 1.807) is 0 Å². The predicted molar refractivity (Wildman–Crippen MR) is 323 cm³/mol. The Kier molecular flexibility index (Phi) is 9.84. The fraction of sp³-hybridized carbons (Fsp3) is 0.117. The van der Waals surface area contributed by atoms with Gasteiger partial charge in [0.2, 0.25) is 0 Å². The summed E-state index contributed by atoms with van der Waals surface area (Å²) >= 11 is 0. The van der Waals surface area contributed by atoms with Crippen LogP contribution in [0.1, 0.15) is 82.7 Å². The zero-order chi connectivity index (χ0) is 51.7. The first-order chi connectivity index (χ1) is 38.5. The van der Waals surface area contributed by atoms with E-state index in [4.69, 9.17) is 0 Å². The monoisotopic (exact) mass is 995 g/mol. The molecule has 0 radical (unpaired) electrons. The fourth-order valence-electron chi connectivity index (χ4n) is 15.8. The van der Waals surface area contributed by atoms with Gasteiger partial charge in [0.25, 0.3) is 0 Å². The van der Waals surface area contributed by atoms with Gasteiger partial charge >= 0.3 is 0 Å². The third-order valence-corrected chi connectivity index (χ3v) is 19.0. The van der Waals surface area contributed by atoms with Gasteiger partial charge < -0.3 is 4.90 Å². The van der Waals surface area contributed by atoms with Crippen molar-refractivity contribution in [3.8, 4) is 55.6 Å². The molecule has 78 heavy (non-hydrogen) atoms. The molecule has 6 aliphatic carbocycles. The molecule has 0 heterocycles. The molecule has 1 nitrogen and oxygen atoms in total. The Bertz CT molecular complexity index is 4190. The minimum Gasteiger partial charge on any atom is -0.314 e. The van der Waals surface area contributed by atoms with Gasteiger partial charge in [-0.15, -0.1) is 0 Å². The van der Waals surface area contributed by atoms with Crippen LogP contribution in [0, 0.1) is 5.92 Å². The number of fused-ring (bicyclic) bond motifs is 16. The molecule has 3 atom stereocenters.